The number of hydrogen-bond acceptors (Lipinski definition) is 9. The summed E-state index contributed by atoms with van der Waals surface area (Å²) >= 11 is 1.31. The van der Waals surface area contributed by atoms with Crippen LogP contribution in [0.4, 0.5) is 19.7 Å². The number of halogens is 2. The molecule has 1 aromatic carbocycles. The van der Waals surface area contributed by atoms with E-state index in [0.717, 1.165) is 49.6 Å². The molecule has 2 aromatic heterocycles. The Morgan fingerprint density at radius 1 is 1.26 bits per heavy atom. The Kier molecular flexibility index (Phi) is 8.48. The number of alkyl halides is 2. The van der Waals surface area contributed by atoms with E-state index in [0.29, 0.717) is 16.6 Å². The van der Waals surface area contributed by atoms with E-state index in [1.165, 1.54) is 36.6 Å². The SMILES string of the molecule is CO[C@H](C(=O)Nc1nnc(CCC[C@@H]2CCN(c3cccnn3)C2)s1)c1cccc(OC(F)F)c1. The van der Waals surface area contributed by atoms with E-state index in [1.54, 1.807) is 12.3 Å². The molecule has 1 aliphatic heterocycles. The van der Waals surface area contributed by atoms with Crippen molar-refractivity contribution in [2.45, 2.75) is 38.4 Å². The van der Waals surface area contributed by atoms with Crippen LogP contribution >= 0.6 is 11.3 Å². The molecule has 4 rings (SSSR count). The van der Waals surface area contributed by atoms with Gasteiger partial charge in [-0.2, -0.15) is 13.9 Å². The zero-order chi connectivity index (χ0) is 24.6. The van der Waals surface area contributed by atoms with E-state index in [-0.39, 0.29) is 5.75 Å². The Morgan fingerprint density at radius 3 is 2.91 bits per heavy atom. The largest absolute Gasteiger partial charge is 0.435 e. The zero-order valence-electron chi connectivity index (χ0n) is 19.1. The van der Waals surface area contributed by atoms with Crippen LogP contribution in [0.3, 0.4) is 0 Å². The van der Waals surface area contributed by atoms with Crippen molar-refractivity contribution in [2.24, 2.45) is 5.92 Å². The Bertz CT molecular complexity index is 1100. The van der Waals surface area contributed by atoms with Crippen LogP contribution in [0.25, 0.3) is 0 Å². The summed E-state index contributed by atoms with van der Waals surface area (Å²) in [5.41, 5.74) is 0.389. The summed E-state index contributed by atoms with van der Waals surface area (Å²) in [4.78, 5) is 15.0. The normalized spacial score (nSPS) is 16.5. The lowest BCUT2D eigenvalue weighted by Crippen LogP contribution is -2.22. The molecule has 35 heavy (non-hydrogen) atoms. The average Bonchev–Trinajstić information content (AvgIpc) is 3.50. The van der Waals surface area contributed by atoms with Gasteiger partial charge in [-0.3, -0.25) is 10.1 Å². The van der Waals surface area contributed by atoms with Crippen LogP contribution < -0.4 is 15.0 Å². The van der Waals surface area contributed by atoms with Gasteiger partial charge in [0.2, 0.25) is 5.13 Å². The number of nitrogens with zero attached hydrogens (tertiary/aromatic N) is 5. The number of benzene rings is 1. The fourth-order valence-corrected chi connectivity index (χ4v) is 4.89. The number of aromatic nitrogens is 4. The molecule has 1 fully saturated rings. The number of nitrogens with one attached hydrogen (secondary N) is 1. The van der Waals surface area contributed by atoms with Crippen LogP contribution in [-0.4, -0.2) is 53.1 Å². The molecule has 0 saturated carbocycles. The number of anilines is 2. The van der Waals surface area contributed by atoms with E-state index >= 15 is 0 Å². The number of ether oxygens (including phenoxy) is 2. The second kappa shape index (κ2) is 11.9. The van der Waals surface area contributed by atoms with Crippen molar-refractivity contribution in [3.8, 4) is 5.75 Å². The second-order valence-corrected chi connectivity index (χ2v) is 9.19. The van der Waals surface area contributed by atoms with E-state index in [4.69, 9.17) is 4.74 Å². The Hall–Kier alpha value is -3.25. The van der Waals surface area contributed by atoms with E-state index < -0.39 is 18.6 Å². The van der Waals surface area contributed by atoms with Crippen molar-refractivity contribution in [3.05, 3.63) is 53.2 Å². The minimum Gasteiger partial charge on any atom is -0.435 e. The highest BCUT2D eigenvalue weighted by Gasteiger charge is 2.24. The molecule has 3 aromatic rings. The van der Waals surface area contributed by atoms with Gasteiger partial charge in [-0.25, -0.2) is 0 Å². The molecular formula is C23H26F2N6O3S. The van der Waals surface area contributed by atoms with Gasteiger partial charge in [0.05, 0.1) is 0 Å². The van der Waals surface area contributed by atoms with Gasteiger partial charge in [0.15, 0.2) is 11.9 Å². The molecular weight excluding hydrogens is 478 g/mol. The number of carbonyl (C=O) groups is 1. The van der Waals surface area contributed by atoms with E-state index in [1.807, 2.05) is 12.1 Å². The molecule has 3 heterocycles. The maximum atomic E-state index is 12.7. The van der Waals surface area contributed by atoms with Crippen molar-refractivity contribution in [1.82, 2.24) is 20.4 Å². The van der Waals surface area contributed by atoms with Crippen molar-refractivity contribution in [3.63, 3.8) is 0 Å². The first-order valence-corrected chi connectivity index (χ1v) is 12.1. The second-order valence-electron chi connectivity index (χ2n) is 8.13. The van der Waals surface area contributed by atoms with Gasteiger partial charge >= 0.3 is 6.61 Å². The lowest BCUT2D eigenvalue weighted by molar-refractivity contribution is -0.126. The standard InChI is InChI=1S/C23H26F2N6O3S/c1-33-20(16-6-3-7-17(13-16)34-22(24)25)21(32)27-23-30-29-19(35-23)9-2-5-15-10-12-31(14-15)18-8-4-11-26-28-18/h3-4,6-8,11,13,15,20,22H,2,5,9-10,12,14H2,1H3,(H,27,30,32)/t15-,20+/m1/s1. The summed E-state index contributed by atoms with van der Waals surface area (Å²) in [7, 11) is 1.37. The number of amides is 1. The van der Waals surface area contributed by atoms with Crippen LogP contribution in [0.15, 0.2) is 42.6 Å². The van der Waals surface area contributed by atoms with Gasteiger partial charge in [-0.15, -0.1) is 15.3 Å². The summed E-state index contributed by atoms with van der Waals surface area (Å²) < 4.78 is 34.7. The van der Waals surface area contributed by atoms with Crippen molar-refractivity contribution in [2.75, 3.05) is 30.4 Å². The van der Waals surface area contributed by atoms with Gasteiger partial charge in [0.1, 0.15) is 10.8 Å². The number of aryl methyl sites for hydroxylation is 1. The van der Waals surface area contributed by atoms with Gasteiger partial charge in [0, 0.05) is 32.8 Å². The van der Waals surface area contributed by atoms with Crippen LogP contribution in [0.2, 0.25) is 0 Å². The lowest BCUT2D eigenvalue weighted by Gasteiger charge is -2.16. The van der Waals surface area contributed by atoms with Gasteiger partial charge in [-0.1, -0.05) is 23.5 Å². The Balaban J connectivity index is 1.25. The molecule has 0 aliphatic carbocycles. The third-order valence-corrected chi connectivity index (χ3v) is 6.63. The molecule has 1 N–H and O–H groups in total. The lowest BCUT2D eigenvalue weighted by atomic mass is 10.0. The maximum absolute atomic E-state index is 12.7. The molecule has 0 radical (unpaired) electrons. The molecule has 0 spiro atoms. The number of rotatable bonds is 11. The topological polar surface area (TPSA) is 102 Å². The van der Waals surface area contributed by atoms with Crippen LogP contribution in [0, 0.1) is 5.92 Å². The Labute approximate surface area is 205 Å². The average molecular weight is 505 g/mol. The molecule has 12 heteroatoms. The predicted octanol–water partition coefficient (Wildman–Crippen LogP) is 4.10. The van der Waals surface area contributed by atoms with Gasteiger partial charge < -0.3 is 14.4 Å². The third-order valence-electron chi connectivity index (χ3n) is 5.73. The Morgan fingerprint density at radius 2 is 2.14 bits per heavy atom. The summed E-state index contributed by atoms with van der Waals surface area (Å²) in [6, 6.07) is 9.73. The highest BCUT2D eigenvalue weighted by atomic mass is 32.1. The smallest absolute Gasteiger partial charge is 0.387 e. The van der Waals surface area contributed by atoms with E-state index in [2.05, 4.69) is 35.3 Å². The first kappa shape index (κ1) is 24.9. The van der Waals surface area contributed by atoms with Crippen LogP contribution in [0.1, 0.15) is 35.9 Å². The van der Waals surface area contributed by atoms with Crippen molar-refractivity contribution < 1.29 is 23.0 Å². The maximum Gasteiger partial charge on any atom is 0.387 e. The summed E-state index contributed by atoms with van der Waals surface area (Å²) in [6.45, 7) is -1.00. The highest BCUT2D eigenvalue weighted by molar-refractivity contribution is 7.15. The molecule has 2 atom stereocenters. The summed E-state index contributed by atoms with van der Waals surface area (Å²) in [5.74, 6) is 0.991. The minimum atomic E-state index is -2.95. The van der Waals surface area contributed by atoms with Gasteiger partial charge in [0.25, 0.3) is 5.91 Å². The fraction of sp³-hybridized carbons (Fsp3) is 0.435. The minimum absolute atomic E-state index is 0.0485. The quantitative estimate of drug-likeness (QED) is 0.416. The first-order valence-electron chi connectivity index (χ1n) is 11.3. The monoisotopic (exact) mass is 504 g/mol. The summed E-state index contributed by atoms with van der Waals surface area (Å²) in [6.07, 6.45) is 4.60. The molecule has 186 valence electrons. The molecule has 1 amide bonds. The van der Waals surface area contributed by atoms with Crippen LogP contribution in [0.5, 0.6) is 5.75 Å². The molecule has 0 bridgehead atoms. The zero-order valence-corrected chi connectivity index (χ0v) is 20.0. The third kappa shape index (κ3) is 6.89. The summed E-state index contributed by atoms with van der Waals surface area (Å²) in [5, 5.41) is 20.3. The molecule has 1 saturated heterocycles. The van der Waals surface area contributed by atoms with Crippen molar-refractivity contribution >= 4 is 28.2 Å². The number of hydrogen-bond donors (Lipinski definition) is 1. The van der Waals surface area contributed by atoms with Crippen molar-refractivity contribution in [1.29, 1.82) is 0 Å². The number of methoxy groups -OCH3 is 1. The van der Waals surface area contributed by atoms with Crippen LogP contribution in [-0.2, 0) is 16.0 Å². The molecule has 0 unspecified atom stereocenters. The van der Waals surface area contributed by atoms with E-state index in [9.17, 15) is 13.6 Å². The fourth-order valence-electron chi connectivity index (χ4n) is 4.10. The highest BCUT2D eigenvalue weighted by Crippen LogP contribution is 2.27. The molecule has 1 aliphatic rings. The van der Waals surface area contributed by atoms with Gasteiger partial charge in [-0.05, 0) is 55.0 Å². The predicted molar refractivity (Wildman–Crippen MR) is 127 cm³/mol. The number of carbonyl (C=O) groups excluding carboxylic acids is 1. The first-order chi connectivity index (χ1) is 17.0. The molecule has 9 nitrogen and oxygen atoms in total.